The van der Waals surface area contributed by atoms with Crippen molar-refractivity contribution in [3.8, 4) is 11.5 Å². The predicted molar refractivity (Wildman–Crippen MR) is 94.1 cm³/mol. The largest absolute Gasteiger partial charge is 0.454 e. The molecule has 0 bridgehead atoms. The summed E-state index contributed by atoms with van der Waals surface area (Å²) in [5.74, 6) is 1.27. The minimum atomic E-state index is -0.165. The van der Waals surface area contributed by atoms with Crippen LogP contribution in [0.4, 0.5) is 5.69 Å². The van der Waals surface area contributed by atoms with Gasteiger partial charge in [0.15, 0.2) is 11.5 Å². The van der Waals surface area contributed by atoms with Gasteiger partial charge >= 0.3 is 0 Å². The Morgan fingerprint density at radius 3 is 2.82 bits per heavy atom. The first-order valence-electron chi connectivity index (χ1n) is 6.77. The first-order chi connectivity index (χ1) is 10.6. The van der Waals surface area contributed by atoms with Crippen LogP contribution in [0.15, 0.2) is 42.5 Å². The summed E-state index contributed by atoms with van der Waals surface area (Å²) in [6.45, 7) is 2.22. The smallest absolute Gasteiger partial charge is 0.248 e. The van der Waals surface area contributed by atoms with Gasteiger partial charge in [0.25, 0.3) is 0 Å². The molecule has 0 saturated carbocycles. The fraction of sp³-hybridized carbons (Fsp3) is 0.118. The molecule has 0 aliphatic carbocycles. The van der Waals surface area contributed by atoms with E-state index in [9.17, 15) is 4.79 Å². The van der Waals surface area contributed by atoms with Crippen molar-refractivity contribution in [3.63, 3.8) is 0 Å². The quantitative estimate of drug-likeness (QED) is 0.619. The van der Waals surface area contributed by atoms with E-state index in [1.165, 1.54) is 6.08 Å². The molecule has 0 saturated heterocycles. The van der Waals surface area contributed by atoms with Gasteiger partial charge in [-0.3, -0.25) is 4.79 Å². The summed E-state index contributed by atoms with van der Waals surface area (Å²) in [4.78, 5) is 12.0. The maximum absolute atomic E-state index is 12.0. The molecule has 5 heteroatoms. The third kappa shape index (κ3) is 3.41. The van der Waals surface area contributed by atoms with Crippen molar-refractivity contribution >= 4 is 40.3 Å². The van der Waals surface area contributed by atoms with E-state index in [0.717, 1.165) is 26.1 Å². The lowest BCUT2D eigenvalue weighted by Gasteiger charge is -2.06. The Kier molecular flexibility index (Phi) is 4.33. The third-order valence-electron chi connectivity index (χ3n) is 3.27. The zero-order chi connectivity index (χ0) is 15.5. The van der Waals surface area contributed by atoms with Gasteiger partial charge in [0.2, 0.25) is 12.7 Å². The van der Waals surface area contributed by atoms with E-state index >= 15 is 0 Å². The van der Waals surface area contributed by atoms with Crippen molar-refractivity contribution < 1.29 is 14.3 Å². The molecule has 0 unspecified atom stereocenters. The zero-order valence-electron chi connectivity index (χ0n) is 11.9. The lowest BCUT2D eigenvalue weighted by atomic mass is 10.2. The average molecular weight is 407 g/mol. The van der Waals surface area contributed by atoms with Gasteiger partial charge in [0, 0.05) is 15.3 Å². The Morgan fingerprint density at radius 1 is 1.18 bits per heavy atom. The molecule has 0 atom stereocenters. The van der Waals surface area contributed by atoms with E-state index in [0.29, 0.717) is 5.75 Å². The summed E-state index contributed by atoms with van der Waals surface area (Å²) in [5.41, 5.74) is 2.75. The van der Waals surface area contributed by atoms with Crippen LogP contribution >= 0.6 is 22.6 Å². The third-order valence-corrected chi connectivity index (χ3v) is 3.94. The van der Waals surface area contributed by atoms with Gasteiger partial charge < -0.3 is 14.8 Å². The molecule has 3 rings (SSSR count). The Morgan fingerprint density at radius 2 is 2.00 bits per heavy atom. The summed E-state index contributed by atoms with van der Waals surface area (Å²) in [6, 6.07) is 11.5. The second kappa shape index (κ2) is 6.39. The van der Waals surface area contributed by atoms with Gasteiger partial charge in [0.1, 0.15) is 0 Å². The SMILES string of the molecule is Cc1cc(I)ccc1NC(=O)/C=C/c1ccc2c(c1)OCO2. The van der Waals surface area contributed by atoms with E-state index in [4.69, 9.17) is 9.47 Å². The van der Waals surface area contributed by atoms with Crippen LogP contribution in [0.3, 0.4) is 0 Å². The fourth-order valence-corrected chi connectivity index (χ4v) is 2.78. The molecule has 0 fully saturated rings. The number of ether oxygens (including phenoxy) is 2. The van der Waals surface area contributed by atoms with Crippen LogP contribution < -0.4 is 14.8 Å². The summed E-state index contributed by atoms with van der Waals surface area (Å²) in [7, 11) is 0. The molecule has 1 amide bonds. The first-order valence-corrected chi connectivity index (χ1v) is 7.84. The van der Waals surface area contributed by atoms with Crippen LogP contribution in [-0.4, -0.2) is 12.7 Å². The standard InChI is InChI=1S/C17H14INO3/c1-11-8-13(18)4-5-14(11)19-17(20)7-3-12-2-6-15-16(9-12)22-10-21-15/h2-9H,10H2,1H3,(H,19,20)/b7-3+. The molecular weight excluding hydrogens is 393 g/mol. The lowest BCUT2D eigenvalue weighted by Crippen LogP contribution is -2.08. The van der Waals surface area contributed by atoms with E-state index in [1.807, 2.05) is 43.3 Å². The maximum Gasteiger partial charge on any atom is 0.248 e. The zero-order valence-corrected chi connectivity index (χ0v) is 14.1. The van der Waals surface area contributed by atoms with Gasteiger partial charge in [0.05, 0.1) is 0 Å². The normalized spacial score (nSPS) is 12.6. The lowest BCUT2D eigenvalue weighted by molar-refractivity contribution is -0.111. The van der Waals surface area contributed by atoms with Gasteiger partial charge in [-0.1, -0.05) is 6.07 Å². The number of nitrogens with one attached hydrogen (secondary N) is 1. The van der Waals surface area contributed by atoms with Crippen molar-refractivity contribution in [1.29, 1.82) is 0 Å². The van der Waals surface area contributed by atoms with E-state index in [-0.39, 0.29) is 12.7 Å². The number of aryl methyl sites for hydroxylation is 1. The van der Waals surface area contributed by atoms with Crippen molar-refractivity contribution in [3.05, 3.63) is 57.2 Å². The summed E-state index contributed by atoms with van der Waals surface area (Å²) >= 11 is 2.25. The van der Waals surface area contributed by atoms with Crippen LogP contribution in [0.2, 0.25) is 0 Å². The molecular formula is C17H14INO3. The summed E-state index contributed by atoms with van der Waals surface area (Å²) < 4.78 is 11.7. The molecule has 1 aliphatic heterocycles. The van der Waals surface area contributed by atoms with Gasteiger partial charge in [-0.05, 0) is 77.0 Å². The highest BCUT2D eigenvalue weighted by molar-refractivity contribution is 14.1. The van der Waals surface area contributed by atoms with Crippen LogP contribution in [0.1, 0.15) is 11.1 Å². The topological polar surface area (TPSA) is 47.6 Å². The van der Waals surface area contributed by atoms with Crippen LogP contribution in [0.5, 0.6) is 11.5 Å². The minimum absolute atomic E-state index is 0.165. The molecule has 1 aliphatic rings. The number of benzene rings is 2. The molecule has 1 N–H and O–H groups in total. The number of hydrogen-bond donors (Lipinski definition) is 1. The molecule has 22 heavy (non-hydrogen) atoms. The highest BCUT2D eigenvalue weighted by atomic mass is 127. The van der Waals surface area contributed by atoms with Crippen molar-refractivity contribution in [2.75, 3.05) is 12.1 Å². The van der Waals surface area contributed by atoms with Crippen LogP contribution in [0, 0.1) is 10.5 Å². The molecule has 2 aromatic rings. The number of rotatable bonds is 3. The molecule has 4 nitrogen and oxygen atoms in total. The second-order valence-corrected chi connectivity index (χ2v) is 6.14. The number of carbonyl (C=O) groups excluding carboxylic acids is 1. The van der Waals surface area contributed by atoms with Gasteiger partial charge in [-0.25, -0.2) is 0 Å². The number of carbonyl (C=O) groups is 1. The number of hydrogen-bond acceptors (Lipinski definition) is 3. The molecule has 112 valence electrons. The molecule has 0 aromatic heterocycles. The second-order valence-electron chi connectivity index (χ2n) is 4.89. The number of fused-ring (bicyclic) bond motifs is 1. The van der Waals surface area contributed by atoms with Crippen LogP contribution in [-0.2, 0) is 4.79 Å². The Labute approximate surface area is 142 Å². The minimum Gasteiger partial charge on any atom is -0.454 e. The highest BCUT2D eigenvalue weighted by Crippen LogP contribution is 2.32. The Bertz CT molecular complexity index is 756. The van der Waals surface area contributed by atoms with Gasteiger partial charge in [-0.2, -0.15) is 0 Å². The van der Waals surface area contributed by atoms with Crippen molar-refractivity contribution in [1.82, 2.24) is 0 Å². The van der Waals surface area contributed by atoms with Crippen LogP contribution in [0.25, 0.3) is 6.08 Å². The first kappa shape index (κ1) is 14.9. The van der Waals surface area contributed by atoms with E-state index < -0.39 is 0 Å². The van der Waals surface area contributed by atoms with Crippen molar-refractivity contribution in [2.24, 2.45) is 0 Å². The fourth-order valence-electron chi connectivity index (χ4n) is 2.13. The van der Waals surface area contributed by atoms with Gasteiger partial charge in [-0.15, -0.1) is 0 Å². The highest BCUT2D eigenvalue weighted by Gasteiger charge is 2.12. The van der Waals surface area contributed by atoms with E-state index in [1.54, 1.807) is 6.08 Å². The summed E-state index contributed by atoms with van der Waals surface area (Å²) in [6.07, 6.45) is 3.26. The number of anilines is 1. The summed E-state index contributed by atoms with van der Waals surface area (Å²) in [5, 5.41) is 2.87. The Hall–Kier alpha value is -2.02. The van der Waals surface area contributed by atoms with Crippen molar-refractivity contribution in [2.45, 2.75) is 6.92 Å². The van der Waals surface area contributed by atoms with E-state index in [2.05, 4.69) is 27.9 Å². The predicted octanol–water partition coefficient (Wildman–Crippen LogP) is 3.98. The molecule has 0 spiro atoms. The molecule has 0 radical (unpaired) electrons. The number of halogens is 1. The average Bonchev–Trinajstić information content (AvgIpc) is 2.95. The Balaban J connectivity index is 1.68. The maximum atomic E-state index is 12.0. The number of amides is 1. The monoisotopic (exact) mass is 407 g/mol. The molecule has 2 aromatic carbocycles. The molecule has 1 heterocycles.